The van der Waals surface area contributed by atoms with Gasteiger partial charge in [-0.05, 0) is 36.8 Å². The van der Waals surface area contributed by atoms with Gasteiger partial charge in [-0.15, -0.1) is 0 Å². The molecule has 0 spiro atoms. The van der Waals surface area contributed by atoms with Crippen molar-refractivity contribution in [1.82, 2.24) is 10.6 Å². The molecule has 2 rings (SSSR count). The Hall–Kier alpha value is -3.36. The Morgan fingerprint density at radius 3 is 2.29 bits per heavy atom. The number of guanidine groups is 1. The molecule has 0 aliphatic heterocycles. The summed E-state index contributed by atoms with van der Waals surface area (Å²) >= 11 is 0. The van der Waals surface area contributed by atoms with E-state index in [0.717, 1.165) is 5.56 Å². The molecule has 0 fully saturated rings. The second kappa shape index (κ2) is 10.1. The summed E-state index contributed by atoms with van der Waals surface area (Å²) in [6, 6.07) is 6.93. The minimum absolute atomic E-state index is 0.121. The number of ether oxygens (including phenoxy) is 3. The summed E-state index contributed by atoms with van der Waals surface area (Å²) in [5.74, 6) is 2.36. The lowest BCUT2D eigenvalue weighted by Gasteiger charge is -2.14. The van der Waals surface area contributed by atoms with Crippen molar-refractivity contribution in [2.45, 2.75) is 20.0 Å². The van der Waals surface area contributed by atoms with Gasteiger partial charge in [-0.2, -0.15) is 0 Å². The monoisotopic (exact) mass is 390 g/mol. The smallest absolute Gasteiger partial charge is 0.284 e. The van der Waals surface area contributed by atoms with Crippen LogP contribution in [-0.2, 0) is 13.1 Å². The first-order valence-electron chi connectivity index (χ1n) is 8.71. The van der Waals surface area contributed by atoms with Crippen LogP contribution < -0.4 is 30.6 Å². The Balaban J connectivity index is 2.12. The summed E-state index contributed by atoms with van der Waals surface area (Å²) in [5, 5.41) is 6.30. The highest BCUT2D eigenvalue weighted by molar-refractivity contribution is 5.89. The predicted octanol–water partition coefficient (Wildman–Crippen LogP) is 1.66. The molecule has 4 N–H and O–H groups in total. The van der Waals surface area contributed by atoms with Crippen molar-refractivity contribution < 1.29 is 23.4 Å². The number of benzene rings is 1. The van der Waals surface area contributed by atoms with E-state index in [1.54, 1.807) is 33.5 Å². The van der Waals surface area contributed by atoms with Crippen molar-refractivity contribution in [3.05, 3.63) is 41.3 Å². The lowest BCUT2D eigenvalue weighted by atomic mass is 10.2. The maximum Gasteiger partial charge on any atom is 0.284 e. The Kier molecular flexibility index (Phi) is 7.55. The minimum Gasteiger partial charge on any atom is -0.493 e. The van der Waals surface area contributed by atoms with Gasteiger partial charge < -0.3 is 35.0 Å². The molecule has 9 nitrogen and oxygen atoms in total. The largest absolute Gasteiger partial charge is 0.493 e. The van der Waals surface area contributed by atoms with Crippen LogP contribution in [0.25, 0.3) is 0 Å². The molecule has 0 bridgehead atoms. The highest BCUT2D eigenvalue weighted by Gasteiger charge is 2.13. The number of carbonyl (C=O) groups is 1. The molecule has 0 radical (unpaired) electrons. The third kappa shape index (κ3) is 5.32. The number of furan rings is 1. The van der Waals surface area contributed by atoms with Crippen molar-refractivity contribution >= 4 is 11.9 Å². The van der Waals surface area contributed by atoms with Crippen molar-refractivity contribution in [3.8, 4) is 17.2 Å². The minimum atomic E-state index is -0.603. The first-order valence-corrected chi connectivity index (χ1v) is 8.71. The van der Waals surface area contributed by atoms with Crippen molar-refractivity contribution in [2.75, 3.05) is 27.9 Å². The fraction of sp³-hybridized carbons (Fsp3) is 0.368. The average Bonchev–Trinajstić information content (AvgIpc) is 3.18. The van der Waals surface area contributed by atoms with Crippen LogP contribution in [0.3, 0.4) is 0 Å². The molecule has 0 aliphatic carbocycles. The zero-order valence-corrected chi connectivity index (χ0v) is 16.5. The van der Waals surface area contributed by atoms with Gasteiger partial charge in [0.1, 0.15) is 5.76 Å². The van der Waals surface area contributed by atoms with Crippen LogP contribution in [0.1, 0.15) is 28.8 Å². The molecule has 1 aromatic heterocycles. The molecule has 0 saturated carbocycles. The highest BCUT2D eigenvalue weighted by atomic mass is 16.5. The number of nitrogens with two attached hydrogens (primary N) is 1. The van der Waals surface area contributed by atoms with Crippen LogP contribution in [0.15, 0.2) is 33.7 Å². The molecule has 1 aromatic carbocycles. The molecule has 28 heavy (non-hydrogen) atoms. The molecule has 0 aliphatic rings. The molecular formula is C19H26N4O5. The van der Waals surface area contributed by atoms with Crippen LogP contribution in [0.2, 0.25) is 0 Å². The van der Waals surface area contributed by atoms with E-state index in [0.29, 0.717) is 48.6 Å². The summed E-state index contributed by atoms with van der Waals surface area (Å²) in [6.45, 7) is 3.39. The Labute approximate surface area is 163 Å². The highest BCUT2D eigenvalue weighted by Crippen LogP contribution is 2.38. The summed E-state index contributed by atoms with van der Waals surface area (Å²) in [6.07, 6.45) is 0. The Morgan fingerprint density at radius 2 is 1.79 bits per heavy atom. The molecule has 2 aromatic rings. The number of primary amides is 1. The molecule has 0 unspecified atom stereocenters. The average molecular weight is 390 g/mol. The predicted molar refractivity (Wildman–Crippen MR) is 105 cm³/mol. The van der Waals surface area contributed by atoms with Gasteiger partial charge in [0, 0.05) is 6.54 Å². The van der Waals surface area contributed by atoms with E-state index >= 15 is 0 Å². The lowest BCUT2D eigenvalue weighted by molar-refractivity contribution is 0.0972. The maximum atomic E-state index is 11.1. The number of methoxy groups -OCH3 is 3. The molecule has 0 saturated heterocycles. The molecule has 1 heterocycles. The summed E-state index contributed by atoms with van der Waals surface area (Å²) in [7, 11) is 4.70. The Morgan fingerprint density at radius 1 is 1.11 bits per heavy atom. The van der Waals surface area contributed by atoms with Crippen LogP contribution in [0.5, 0.6) is 17.2 Å². The van der Waals surface area contributed by atoms with E-state index in [9.17, 15) is 4.79 Å². The summed E-state index contributed by atoms with van der Waals surface area (Å²) in [5.41, 5.74) is 6.08. The fourth-order valence-corrected chi connectivity index (χ4v) is 2.51. The van der Waals surface area contributed by atoms with Gasteiger partial charge in [0.05, 0.1) is 34.4 Å². The topological polar surface area (TPSA) is 120 Å². The van der Waals surface area contributed by atoms with Gasteiger partial charge in [-0.1, -0.05) is 0 Å². The van der Waals surface area contributed by atoms with Crippen molar-refractivity contribution in [2.24, 2.45) is 10.7 Å². The molecule has 152 valence electrons. The van der Waals surface area contributed by atoms with E-state index in [-0.39, 0.29) is 5.76 Å². The number of amides is 1. The van der Waals surface area contributed by atoms with Gasteiger partial charge in [0.2, 0.25) is 5.75 Å². The Bertz CT molecular complexity index is 806. The van der Waals surface area contributed by atoms with Gasteiger partial charge in [0.15, 0.2) is 23.2 Å². The zero-order valence-electron chi connectivity index (χ0n) is 16.5. The molecule has 9 heteroatoms. The number of carbonyl (C=O) groups excluding carboxylic acids is 1. The maximum absolute atomic E-state index is 11.1. The molecule has 1 amide bonds. The normalized spacial score (nSPS) is 11.1. The van der Waals surface area contributed by atoms with E-state index in [1.165, 1.54) is 0 Å². The van der Waals surface area contributed by atoms with Gasteiger partial charge in [-0.25, -0.2) is 4.99 Å². The SMILES string of the molecule is CCNC(=NCc1cc(OC)c(OC)c(OC)c1)NCc1ccc(C(N)=O)o1. The first-order chi connectivity index (χ1) is 13.5. The molecule has 0 atom stereocenters. The number of aliphatic imine (C=N–C) groups is 1. The van der Waals surface area contributed by atoms with Gasteiger partial charge in [0.25, 0.3) is 5.91 Å². The van der Waals surface area contributed by atoms with E-state index in [4.69, 9.17) is 24.4 Å². The number of rotatable bonds is 9. The standard InChI is InChI=1S/C19H26N4O5/c1-5-21-19(23-11-13-6-7-14(28-13)18(20)24)22-10-12-8-15(25-2)17(27-4)16(9-12)26-3/h6-9H,5,10-11H2,1-4H3,(H2,20,24)(H2,21,22,23). The lowest BCUT2D eigenvalue weighted by Crippen LogP contribution is -2.36. The van der Waals surface area contributed by atoms with E-state index in [1.807, 2.05) is 19.1 Å². The van der Waals surface area contributed by atoms with Crippen molar-refractivity contribution in [3.63, 3.8) is 0 Å². The quantitative estimate of drug-likeness (QED) is 0.440. The second-order valence-electron chi connectivity index (χ2n) is 5.71. The van der Waals surface area contributed by atoms with Crippen LogP contribution in [0.4, 0.5) is 0 Å². The van der Waals surface area contributed by atoms with Crippen molar-refractivity contribution in [1.29, 1.82) is 0 Å². The second-order valence-corrected chi connectivity index (χ2v) is 5.71. The number of nitrogens with zero attached hydrogens (tertiary/aromatic N) is 1. The number of hydrogen-bond donors (Lipinski definition) is 3. The van der Waals surface area contributed by atoms with Crippen LogP contribution >= 0.6 is 0 Å². The summed E-state index contributed by atoms with van der Waals surface area (Å²) in [4.78, 5) is 15.7. The van der Waals surface area contributed by atoms with Gasteiger partial charge >= 0.3 is 0 Å². The third-order valence-electron chi connectivity index (χ3n) is 3.82. The summed E-state index contributed by atoms with van der Waals surface area (Å²) < 4.78 is 21.4. The number of nitrogens with one attached hydrogen (secondary N) is 2. The van der Waals surface area contributed by atoms with Gasteiger partial charge in [-0.3, -0.25) is 4.79 Å². The van der Waals surface area contributed by atoms with Crippen LogP contribution in [0, 0.1) is 0 Å². The van der Waals surface area contributed by atoms with E-state index in [2.05, 4.69) is 15.6 Å². The molecular weight excluding hydrogens is 364 g/mol. The fourth-order valence-electron chi connectivity index (χ4n) is 2.51. The van der Waals surface area contributed by atoms with E-state index < -0.39 is 5.91 Å². The first kappa shape index (κ1) is 20.9. The third-order valence-corrected chi connectivity index (χ3v) is 3.82. The zero-order chi connectivity index (χ0) is 20.5. The number of hydrogen-bond acceptors (Lipinski definition) is 6. The van der Waals surface area contributed by atoms with Crippen LogP contribution in [-0.4, -0.2) is 39.7 Å².